The van der Waals surface area contributed by atoms with Gasteiger partial charge in [0.25, 0.3) is 0 Å². The molecule has 90 valence electrons. The van der Waals surface area contributed by atoms with E-state index in [0.717, 1.165) is 6.26 Å². The van der Waals surface area contributed by atoms with Crippen LogP contribution < -0.4 is 0 Å². The molecule has 0 heterocycles. The quantitative estimate of drug-likeness (QED) is 0.843. The van der Waals surface area contributed by atoms with Crippen molar-refractivity contribution in [2.24, 2.45) is 0 Å². The van der Waals surface area contributed by atoms with Crippen LogP contribution in [-0.4, -0.2) is 36.7 Å². The molecule has 0 aliphatic carbocycles. The Labute approximate surface area is 99.4 Å². The Hall–Kier alpha value is -0.620. The lowest BCUT2D eigenvalue weighted by atomic mass is 10.1. The van der Waals surface area contributed by atoms with Crippen molar-refractivity contribution in [1.29, 1.82) is 0 Å². The van der Waals surface area contributed by atoms with Crippen LogP contribution in [-0.2, 0) is 9.84 Å². The highest BCUT2D eigenvalue weighted by Crippen LogP contribution is 2.23. The number of halogens is 1. The first-order valence-corrected chi connectivity index (χ1v) is 6.92. The summed E-state index contributed by atoms with van der Waals surface area (Å²) in [4.78, 5) is 0. The Morgan fingerprint density at radius 2 is 2.06 bits per heavy atom. The Kier molecular flexibility index (Phi) is 4.32. The molecular weight excluding hydrogens is 252 g/mol. The highest BCUT2D eigenvalue weighted by atomic mass is 35.5. The van der Waals surface area contributed by atoms with E-state index in [9.17, 15) is 13.5 Å². The molecule has 0 spiro atoms. The SMILES string of the molecule is CS(=O)(=O)C(CO)C(O)c1cccc(Cl)c1. The second-order valence-corrected chi connectivity index (χ2v) is 6.25. The molecule has 0 radical (unpaired) electrons. The van der Waals surface area contributed by atoms with Crippen molar-refractivity contribution in [2.45, 2.75) is 11.4 Å². The van der Waals surface area contributed by atoms with E-state index in [2.05, 4.69) is 0 Å². The Bertz CT molecular complexity index is 458. The minimum absolute atomic E-state index is 0.372. The lowest BCUT2D eigenvalue weighted by molar-refractivity contribution is 0.138. The number of sulfone groups is 1. The summed E-state index contributed by atoms with van der Waals surface area (Å²) in [6, 6.07) is 6.26. The fraction of sp³-hybridized carbons (Fsp3) is 0.400. The van der Waals surface area contributed by atoms with Crippen LogP contribution in [0.25, 0.3) is 0 Å². The van der Waals surface area contributed by atoms with Gasteiger partial charge in [0.05, 0.1) is 12.7 Å². The molecule has 1 aromatic rings. The Morgan fingerprint density at radius 3 is 2.50 bits per heavy atom. The minimum Gasteiger partial charge on any atom is -0.395 e. The molecule has 0 aromatic heterocycles. The molecule has 1 rings (SSSR count). The van der Waals surface area contributed by atoms with Crippen molar-refractivity contribution in [3.63, 3.8) is 0 Å². The molecule has 0 aliphatic heterocycles. The van der Waals surface area contributed by atoms with Crippen LogP contribution in [0.15, 0.2) is 24.3 Å². The molecular formula is C10H13ClO4S. The van der Waals surface area contributed by atoms with Gasteiger partial charge in [-0.2, -0.15) is 0 Å². The van der Waals surface area contributed by atoms with E-state index in [1.807, 2.05) is 0 Å². The molecule has 6 heteroatoms. The third kappa shape index (κ3) is 3.18. The van der Waals surface area contributed by atoms with Crippen molar-refractivity contribution in [3.05, 3.63) is 34.9 Å². The van der Waals surface area contributed by atoms with Crippen LogP contribution in [0.2, 0.25) is 5.02 Å². The molecule has 2 atom stereocenters. The summed E-state index contributed by atoms with van der Waals surface area (Å²) in [5, 5.41) is 18.0. The van der Waals surface area contributed by atoms with Crippen molar-refractivity contribution >= 4 is 21.4 Å². The van der Waals surface area contributed by atoms with Crippen molar-refractivity contribution in [2.75, 3.05) is 12.9 Å². The number of aliphatic hydroxyl groups is 2. The van der Waals surface area contributed by atoms with Gasteiger partial charge in [-0.1, -0.05) is 23.7 Å². The highest BCUT2D eigenvalue weighted by Gasteiger charge is 2.29. The monoisotopic (exact) mass is 264 g/mol. The van der Waals surface area contributed by atoms with Gasteiger partial charge in [-0.3, -0.25) is 0 Å². The number of aliphatic hydroxyl groups excluding tert-OH is 2. The molecule has 4 nitrogen and oxygen atoms in total. The van der Waals surface area contributed by atoms with E-state index < -0.39 is 27.8 Å². The molecule has 1 aromatic carbocycles. The third-order valence-electron chi connectivity index (χ3n) is 2.27. The first-order chi connectivity index (χ1) is 7.36. The zero-order chi connectivity index (χ0) is 12.3. The van der Waals surface area contributed by atoms with E-state index >= 15 is 0 Å². The normalized spacial score (nSPS) is 15.8. The second-order valence-electron chi connectivity index (χ2n) is 3.55. The summed E-state index contributed by atoms with van der Waals surface area (Å²) < 4.78 is 22.6. The lowest BCUT2D eigenvalue weighted by Gasteiger charge is -2.19. The van der Waals surface area contributed by atoms with Gasteiger partial charge in [0.2, 0.25) is 0 Å². The molecule has 0 aliphatic rings. The van der Waals surface area contributed by atoms with Gasteiger partial charge in [-0.05, 0) is 17.7 Å². The molecule has 0 saturated carbocycles. The maximum atomic E-state index is 11.3. The van der Waals surface area contributed by atoms with Crippen LogP contribution in [0.1, 0.15) is 11.7 Å². The molecule has 0 amide bonds. The van der Waals surface area contributed by atoms with E-state index in [1.165, 1.54) is 6.07 Å². The molecule has 2 unspecified atom stereocenters. The molecule has 0 saturated heterocycles. The smallest absolute Gasteiger partial charge is 0.155 e. The predicted molar refractivity (Wildman–Crippen MR) is 62.1 cm³/mol. The molecule has 2 N–H and O–H groups in total. The van der Waals surface area contributed by atoms with E-state index in [1.54, 1.807) is 18.2 Å². The number of hydrogen-bond acceptors (Lipinski definition) is 4. The summed E-state index contributed by atoms with van der Waals surface area (Å²) in [7, 11) is -3.52. The van der Waals surface area contributed by atoms with Crippen LogP contribution in [0.3, 0.4) is 0 Å². The predicted octanol–water partition coefficient (Wildman–Crippen LogP) is 0.779. The fourth-order valence-corrected chi connectivity index (χ4v) is 2.47. The van der Waals surface area contributed by atoms with E-state index in [0.29, 0.717) is 10.6 Å². The van der Waals surface area contributed by atoms with Crippen LogP contribution in [0.4, 0.5) is 0 Å². The first-order valence-electron chi connectivity index (χ1n) is 4.59. The highest BCUT2D eigenvalue weighted by molar-refractivity contribution is 7.91. The Balaban J connectivity index is 3.05. The van der Waals surface area contributed by atoms with Crippen LogP contribution in [0, 0.1) is 0 Å². The third-order valence-corrected chi connectivity index (χ3v) is 4.01. The standard InChI is InChI=1S/C10H13ClO4S/c1-16(14,15)9(6-12)10(13)7-3-2-4-8(11)5-7/h2-5,9-10,12-13H,6H2,1H3. The molecule has 0 bridgehead atoms. The summed E-state index contributed by atoms with van der Waals surface area (Å²) in [5.74, 6) is 0. The molecule has 16 heavy (non-hydrogen) atoms. The number of rotatable bonds is 4. The summed E-state index contributed by atoms with van der Waals surface area (Å²) >= 11 is 5.73. The van der Waals surface area contributed by atoms with E-state index in [-0.39, 0.29) is 0 Å². The average molecular weight is 265 g/mol. The lowest BCUT2D eigenvalue weighted by Crippen LogP contribution is -2.31. The zero-order valence-electron chi connectivity index (χ0n) is 8.67. The van der Waals surface area contributed by atoms with Gasteiger partial charge < -0.3 is 10.2 Å². The van der Waals surface area contributed by atoms with Crippen LogP contribution >= 0.6 is 11.6 Å². The Morgan fingerprint density at radius 1 is 1.44 bits per heavy atom. The number of hydrogen-bond donors (Lipinski definition) is 2. The fourth-order valence-electron chi connectivity index (χ4n) is 1.37. The van der Waals surface area contributed by atoms with Gasteiger partial charge in [0.15, 0.2) is 9.84 Å². The van der Waals surface area contributed by atoms with Gasteiger partial charge in [0, 0.05) is 11.3 Å². The van der Waals surface area contributed by atoms with Gasteiger partial charge in [0.1, 0.15) is 5.25 Å². The van der Waals surface area contributed by atoms with Crippen molar-refractivity contribution in [3.8, 4) is 0 Å². The summed E-state index contributed by atoms with van der Waals surface area (Å²) in [6.45, 7) is -0.632. The summed E-state index contributed by atoms with van der Waals surface area (Å²) in [6.07, 6.45) is -0.305. The maximum Gasteiger partial charge on any atom is 0.155 e. The topological polar surface area (TPSA) is 74.6 Å². The maximum absolute atomic E-state index is 11.3. The van der Waals surface area contributed by atoms with Crippen LogP contribution in [0.5, 0.6) is 0 Å². The minimum atomic E-state index is -3.52. The van der Waals surface area contributed by atoms with E-state index in [4.69, 9.17) is 16.7 Å². The molecule has 0 fully saturated rings. The van der Waals surface area contributed by atoms with Crippen molar-refractivity contribution in [1.82, 2.24) is 0 Å². The average Bonchev–Trinajstić information content (AvgIpc) is 2.16. The van der Waals surface area contributed by atoms with Gasteiger partial charge in [-0.15, -0.1) is 0 Å². The van der Waals surface area contributed by atoms with Crippen molar-refractivity contribution < 1.29 is 18.6 Å². The van der Waals surface area contributed by atoms with Gasteiger partial charge in [-0.25, -0.2) is 8.42 Å². The van der Waals surface area contributed by atoms with Gasteiger partial charge >= 0.3 is 0 Å². The number of benzene rings is 1. The zero-order valence-corrected chi connectivity index (χ0v) is 10.2. The summed E-state index contributed by atoms with van der Waals surface area (Å²) in [5.41, 5.74) is 0.372. The second kappa shape index (κ2) is 5.14. The largest absolute Gasteiger partial charge is 0.395 e. The first kappa shape index (κ1) is 13.4.